The van der Waals surface area contributed by atoms with E-state index in [0.29, 0.717) is 17.7 Å². The molecule has 1 rings (SSSR count). The van der Waals surface area contributed by atoms with Crippen molar-refractivity contribution in [3.63, 3.8) is 0 Å². The van der Waals surface area contributed by atoms with Crippen LogP contribution in [0.4, 0.5) is 0 Å². The smallest absolute Gasteiger partial charge is 0.338 e. The van der Waals surface area contributed by atoms with E-state index in [9.17, 15) is 4.79 Å². The number of aryl methyl sites for hydroxylation is 2. The molecule has 0 saturated carbocycles. The second kappa shape index (κ2) is 4.61. The fourth-order valence-corrected chi connectivity index (χ4v) is 1.37. The quantitative estimate of drug-likeness (QED) is 0.693. The number of rotatable bonds is 2. The van der Waals surface area contributed by atoms with Gasteiger partial charge >= 0.3 is 5.97 Å². The Kier molecular flexibility index (Phi) is 3.46. The van der Waals surface area contributed by atoms with Crippen molar-refractivity contribution in [1.82, 2.24) is 0 Å². The number of esters is 1. The summed E-state index contributed by atoms with van der Waals surface area (Å²) in [4.78, 5) is 11.5. The van der Waals surface area contributed by atoms with E-state index in [1.54, 1.807) is 32.9 Å². The summed E-state index contributed by atoms with van der Waals surface area (Å²) >= 11 is 0. The molecular weight excluding hydrogens is 190 g/mol. The highest BCUT2D eigenvalue weighted by molar-refractivity contribution is 5.91. The number of carbonyl (C=O) groups excluding carboxylic acids is 1. The number of nitriles is 1. The Morgan fingerprint density at radius 2 is 2.07 bits per heavy atom. The zero-order valence-electron chi connectivity index (χ0n) is 9.13. The van der Waals surface area contributed by atoms with Gasteiger partial charge in [-0.25, -0.2) is 4.79 Å². The lowest BCUT2D eigenvalue weighted by Gasteiger charge is -2.07. The summed E-state index contributed by atoms with van der Waals surface area (Å²) in [6.07, 6.45) is 0. The maximum Gasteiger partial charge on any atom is 0.338 e. The third kappa shape index (κ3) is 2.35. The van der Waals surface area contributed by atoms with Gasteiger partial charge in [-0.1, -0.05) is 0 Å². The van der Waals surface area contributed by atoms with Gasteiger partial charge in [0, 0.05) is 0 Å². The average molecular weight is 203 g/mol. The van der Waals surface area contributed by atoms with Crippen molar-refractivity contribution in [2.45, 2.75) is 20.8 Å². The maximum atomic E-state index is 11.5. The molecule has 0 bridgehead atoms. The van der Waals surface area contributed by atoms with E-state index in [-0.39, 0.29) is 5.97 Å². The molecule has 78 valence electrons. The average Bonchev–Trinajstić information content (AvgIpc) is 2.21. The van der Waals surface area contributed by atoms with Gasteiger partial charge in [0.2, 0.25) is 0 Å². The number of hydrogen-bond acceptors (Lipinski definition) is 3. The minimum Gasteiger partial charge on any atom is -0.462 e. The van der Waals surface area contributed by atoms with Gasteiger partial charge in [-0.05, 0) is 44.0 Å². The maximum absolute atomic E-state index is 11.5. The molecule has 15 heavy (non-hydrogen) atoms. The minimum atomic E-state index is -0.331. The van der Waals surface area contributed by atoms with Crippen LogP contribution in [-0.4, -0.2) is 12.6 Å². The van der Waals surface area contributed by atoms with Crippen molar-refractivity contribution < 1.29 is 9.53 Å². The summed E-state index contributed by atoms with van der Waals surface area (Å²) in [5.74, 6) is -0.331. The Labute approximate surface area is 89.3 Å². The van der Waals surface area contributed by atoms with Crippen molar-refractivity contribution in [2.75, 3.05) is 6.61 Å². The van der Waals surface area contributed by atoms with Crippen LogP contribution in [0.1, 0.15) is 34.0 Å². The van der Waals surface area contributed by atoms with Gasteiger partial charge < -0.3 is 4.74 Å². The van der Waals surface area contributed by atoms with Crippen LogP contribution >= 0.6 is 0 Å². The number of ether oxygens (including phenoxy) is 1. The van der Waals surface area contributed by atoms with Gasteiger partial charge in [0.1, 0.15) is 0 Å². The van der Waals surface area contributed by atoms with E-state index in [1.165, 1.54) is 0 Å². The summed E-state index contributed by atoms with van der Waals surface area (Å²) in [6.45, 7) is 5.73. The fraction of sp³-hybridized carbons (Fsp3) is 0.333. The molecule has 0 amide bonds. The standard InChI is InChI=1S/C12H13NO2/c1-4-15-12(14)11-6-8(2)10(7-13)5-9(11)3/h5-6H,4H2,1-3H3. The highest BCUT2D eigenvalue weighted by Crippen LogP contribution is 2.16. The topological polar surface area (TPSA) is 50.1 Å². The van der Waals surface area contributed by atoms with E-state index < -0.39 is 0 Å². The Bertz CT molecular complexity index is 430. The molecule has 0 unspecified atom stereocenters. The molecule has 0 saturated heterocycles. The molecule has 1 aromatic carbocycles. The molecule has 3 nitrogen and oxygen atoms in total. The highest BCUT2D eigenvalue weighted by atomic mass is 16.5. The van der Waals surface area contributed by atoms with Crippen LogP contribution in [-0.2, 0) is 4.74 Å². The number of hydrogen-bond donors (Lipinski definition) is 0. The van der Waals surface area contributed by atoms with Gasteiger partial charge in [-0.3, -0.25) is 0 Å². The van der Waals surface area contributed by atoms with Gasteiger partial charge in [0.05, 0.1) is 23.8 Å². The van der Waals surface area contributed by atoms with Crippen molar-refractivity contribution in [2.24, 2.45) is 0 Å². The van der Waals surface area contributed by atoms with E-state index in [0.717, 1.165) is 11.1 Å². The third-order valence-electron chi connectivity index (χ3n) is 2.19. The molecule has 1 aromatic rings. The Hall–Kier alpha value is -1.82. The van der Waals surface area contributed by atoms with E-state index in [1.807, 2.05) is 0 Å². The SMILES string of the molecule is CCOC(=O)c1cc(C)c(C#N)cc1C. The molecule has 0 radical (unpaired) electrons. The lowest BCUT2D eigenvalue weighted by Crippen LogP contribution is -2.07. The summed E-state index contributed by atoms with van der Waals surface area (Å²) in [6, 6.07) is 5.49. The first-order valence-corrected chi connectivity index (χ1v) is 4.78. The minimum absolute atomic E-state index is 0.331. The molecule has 0 spiro atoms. The lowest BCUT2D eigenvalue weighted by molar-refractivity contribution is 0.0525. The van der Waals surface area contributed by atoms with Crippen molar-refractivity contribution in [3.05, 3.63) is 34.4 Å². The molecule has 0 aromatic heterocycles. The van der Waals surface area contributed by atoms with Crippen LogP contribution in [0.2, 0.25) is 0 Å². The number of carbonyl (C=O) groups is 1. The van der Waals surface area contributed by atoms with Crippen LogP contribution in [0.3, 0.4) is 0 Å². The van der Waals surface area contributed by atoms with Crippen LogP contribution in [0.15, 0.2) is 12.1 Å². The molecular formula is C12H13NO2. The Balaban J connectivity index is 3.17. The Morgan fingerprint density at radius 3 is 2.60 bits per heavy atom. The first-order valence-electron chi connectivity index (χ1n) is 4.78. The molecule has 0 fully saturated rings. The van der Waals surface area contributed by atoms with Crippen molar-refractivity contribution in [1.29, 1.82) is 5.26 Å². The lowest BCUT2D eigenvalue weighted by atomic mass is 10.0. The van der Waals surface area contributed by atoms with Gasteiger partial charge in [0.25, 0.3) is 0 Å². The molecule has 0 heterocycles. The van der Waals surface area contributed by atoms with E-state index in [2.05, 4.69) is 6.07 Å². The van der Waals surface area contributed by atoms with E-state index >= 15 is 0 Å². The van der Waals surface area contributed by atoms with Crippen molar-refractivity contribution in [3.8, 4) is 6.07 Å². The summed E-state index contributed by atoms with van der Waals surface area (Å²) in [5.41, 5.74) is 2.70. The molecule has 0 N–H and O–H groups in total. The summed E-state index contributed by atoms with van der Waals surface area (Å²) in [7, 11) is 0. The zero-order chi connectivity index (χ0) is 11.4. The summed E-state index contributed by atoms with van der Waals surface area (Å²) in [5, 5.41) is 8.81. The zero-order valence-corrected chi connectivity index (χ0v) is 9.13. The molecule has 0 aliphatic carbocycles. The molecule has 3 heteroatoms. The van der Waals surface area contributed by atoms with Crippen molar-refractivity contribution >= 4 is 5.97 Å². The first-order chi connectivity index (χ1) is 7.10. The first kappa shape index (κ1) is 11.3. The number of benzene rings is 1. The van der Waals surface area contributed by atoms with Gasteiger partial charge in [-0.15, -0.1) is 0 Å². The predicted octanol–water partition coefficient (Wildman–Crippen LogP) is 2.35. The van der Waals surface area contributed by atoms with Crippen LogP contribution in [0.5, 0.6) is 0 Å². The van der Waals surface area contributed by atoms with Crippen LogP contribution < -0.4 is 0 Å². The molecule has 0 aliphatic rings. The van der Waals surface area contributed by atoms with Crippen LogP contribution in [0, 0.1) is 25.2 Å². The van der Waals surface area contributed by atoms with Gasteiger partial charge in [0.15, 0.2) is 0 Å². The summed E-state index contributed by atoms with van der Waals surface area (Å²) < 4.78 is 4.92. The third-order valence-corrected chi connectivity index (χ3v) is 2.19. The monoisotopic (exact) mass is 203 g/mol. The Morgan fingerprint density at radius 1 is 1.40 bits per heavy atom. The second-order valence-electron chi connectivity index (χ2n) is 3.31. The largest absolute Gasteiger partial charge is 0.462 e. The van der Waals surface area contributed by atoms with Crippen LogP contribution in [0.25, 0.3) is 0 Å². The normalized spacial score (nSPS) is 9.47. The second-order valence-corrected chi connectivity index (χ2v) is 3.31. The number of nitrogens with zero attached hydrogens (tertiary/aromatic N) is 1. The molecule has 0 aliphatic heterocycles. The molecule has 0 atom stereocenters. The fourth-order valence-electron chi connectivity index (χ4n) is 1.37. The van der Waals surface area contributed by atoms with E-state index in [4.69, 9.17) is 10.00 Å². The predicted molar refractivity (Wildman–Crippen MR) is 56.6 cm³/mol. The highest BCUT2D eigenvalue weighted by Gasteiger charge is 2.12. The van der Waals surface area contributed by atoms with Gasteiger partial charge in [-0.2, -0.15) is 5.26 Å².